The van der Waals surface area contributed by atoms with E-state index in [0.29, 0.717) is 22.6 Å². The van der Waals surface area contributed by atoms with Gasteiger partial charge < -0.3 is 9.32 Å². The van der Waals surface area contributed by atoms with E-state index in [1.54, 1.807) is 6.92 Å². The standard InChI is InChI=1S/C18H19N3O3/c1-4-20(5-2)14-8-6-13(7-9-14)18-19-16-11-15(21(22)23)10-12(3)17(16)24-18/h6-11H,4-5H2,1-3H3. The van der Waals surface area contributed by atoms with Gasteiger partial charge >= 0.3 is 0 Å². The van der Waals surface area contributed by atoms with Crippen LogP contribution in [-0.4, -0.2) is 23.0 Å². The van der Waals surface area contributed by atoms with Crippen molar-refractivity contribution in [3.05, 3.63) is 52.1 Å². The van der Waals surface area contributed by atoms with Crippen LogP contribution in [0.3, 0.4) is 0 Å². The first-order valence-electron chi connectivity index (χ1n) is 7.94. The molecule has 0 unspecified atom stereocenters. The third-order valence-corrected chi connectivity index (χ3v) is 4.11. The van der Waals surface area contributed by atoms with Crippen molar-refractivity contribution >= 4 is 22.5 Å². The highest BCUT2D eigenvalue weighted by Crippen LogP contribution is 2.30. The lowest BCUT2D eigenvalue weighted by atomic mass is 10.2. The number of oxazole rings is 1. The molecule has 24 heavy (non-hydrogen) atoms. The Morgan fingerprint density at radius 2 is 1.83 bits per heavy atom. The number of aromatic nitrogens is 1. The zero-order chi connectivity index (χ0) is 17.3. The molecule has 0 N–H and O–H groups in total. The van der Waals surface area contributed by atoms with E-state index in [4.69, 9.17) is 4.42 Å². The lowest BCUT2D eigenvalue weighted by molar-refractivity contribution is -0.384. The summed E-state index contributed by atoms with van der Waals surface area (Å²) in [5, 5.41) is 11.0. The Balaban J connectivity index is 2.00. The molecule has 6 nitrogen and oxygen atoms in total. The first-order chi connectivity index (χ1) is 11.5. The van der Waals surface area contributed by atoms with Crippen molar-refractivity contribution in [3.63, 3.8) is 0 Å². The Bertz CT molecular complexity index is 880. The van der Waals surface area contributed by atoms with E-state index < -0.39 is 4.92 Å². The average Bonchev–Trinajstić information content (AvgIpc) is 3.01. The van der Waals surface area contributed by atoms with Gasteiger partial charge in [0.2, 0.25) is 5.89 Å². The molecule has 3 aromatic rings. The minimum Gasteiger partial charge on any atom is -0.436 e. The molecular formula is C18H19N3O3. The van der Waals surface area contributed by atoms with Gasteiger partial charge in [0.1, 0.15) is 5.52 Å². The summed E-state index contributed by atoms with van der Waals surface area (Å²) in [4.78, 5) is 17.2. The minimum absolute atomic E-state index is 0.0248. The van der Waals surface area contributed by atoms with Crippen molar-refractivity contribution in [3.8, 4) is 11.5 Å². The highest BCUT2D eigenvalue weighted by molar-refractivity contribution is 5.82. The second kappa shape index (κ2) is 6.31. The predicted molar refractivity (Wildman–Crippen MR) is 94.4 cm³/mol. The molecule has 124 valence electrons. The smallest absolute Gasteiger partial charge is 0.272 e. The number of aryl methyl sites for hydroxylation is 1. The summed E-state index contributed by atoms with van der Waals surface area (Å²) < 4.78 is 5.83. The first kappa shape index (κ1) is 16.0. The second-order valence-electron chi connectivity index (χ2n) is 5.61. The highest BCUT2D eigenvalue weighted by Gasteiger charge is 2.16. The summed E-state index contributed by atoms with van der Waals surface area (Å²) in [7, 11) is 0. The summed E-state index contributed by atoms with van der Waals surface area (Å²) in [6.07, 6.45) is 0. The van der Waals surface area contributed by atoms with Gasteiger partial charge in [0.05, 0.1) is 4.92 Å². The van der Waals surface area contributed by atoms with Crippen LogP contribution in [0.15, 0.2) is 40.8 Å². The van der Waals surface area contributed by atoms with Crippen LogP contribution in [0.1, 0.15) is 19.4 Å². The Hall–Kier alpha value is -2.89. The zero-order valence-electron chi connectivity index (χ0n) is 13.9. The molecule has 0 fully saturated rings. The van der Waals surface area contributed by atoms with E-state index in [0.717, 1.165) is 24.3 Å². The fourth-order valence-corrected chi connectivity index (χ4v) is 2.81. The van der Waals surface area contributed by atoms with Gasteiger partial charge in [-0.15, -0.1) is 0 Å². The van der Waals surface area contributed by atoms with Gasteiger partial charge in [-0.3, -0.25) is 10.1 Å². The van der Waals surface area contributed by atoms with Crippen molar-refractivity contribution in [1.82, 2.24) is 4.98 Å². The summed E-state index contributed by atoms with van der Waals surface area (Å²) in [6, 6.07) is 10.9. The monoisotopic (exact) mass is 325 g/mol. The number of nitro groups is 1. The molecule has 0 bridgehead atoms. The van der Waals surface area contributed by atoms with Crippen LogP contribution in [-0.2, 0) is 0 Å². The number of hydrogen-bond donors (Lipinski definition) is 0. The van der Waals surface area contributed by atoms with Crippen LogP contribution >= 0.6 is 0 Å². The lowest BCUT2D eigenvalue weighted by Crippen LogP contribution is -2.21. The lowest BCUT2D eigenvalue weighted by Gasteiger charge is -2.20. The van der Waals surface area contributed by atoms with Crippen molar-refractivity contribution < 1.29 is 9.34 Å². The topological polar surface area (TPSA) is 72.4 Å². The summed E-state index contributed by atoms with van der Waals surface area (Å²) in [6.45, 7) is 7.92. The third kappa shape index (κ3) is 2.82. The molecule has 1 heterocycles. The van der Waals surface area contributed by atoms with E-state index in [1.165, 1.54) is 12.1 Å². The SMILES string of the molecule is CCN(CC)c1ccc(-c2nc3cc([N+](=O)[O-])cc(C)c3o2)cc1. The van der Waals surface area contributed by atoms with Crippen molar-refractivity contribution in [2.45, 2.75) is 20.8 Å². The van der Waals surface area contributed by atoms with E-state index in [-0.39, 0.29) is 5.69 Å². The van der Waals surface area contributed by atoms with E-state index >= 15 is 0 Å². The van der Waals surface area contributed by atoms with Crippen molar-refractivity contribution in [1.29, 1.82) is 0 Å². The Morgan fingerprint density at radius 1 is 1.17 bits per heavy atom. The van der Waals surface area contributed by atoms with Gasteiger partial charge in [-0.1, -0.05) is 0 Å². The fraction of sp³-hybridized carbons (Fsp3) is 0.278. The number of nitrogens with zero attached hydrogens (tertiary/aromatic N) is 3. The quantitative estimate of drug-likeness (QED) is 0.508. The van der Waals surface area contributed by atoms with Gasteiger partial charge in [-0.05, 0) is 45.0 Å². The molecule has 0 saturated heterocycles. The molecule has 0 aliphatic carbocycles. The summed E-state index contributed by atoms with van der Waals surface area (Å²) in [5.74, 6) is 0.472. The number of rotatable bonds is 5. The first-order valence-corrected chi connectivity index (χ1v) is 7.94. The van der Waals surface area contributed by atoms with Crippen LogP contribution in [0.25, 0.3) is 22.6 Å². The highest BCUT2D eigenvalue weighted by atomic mass is 16.6. The molecule has 3 rings (SSSR count). The van der Waals surface area contributed by atoms with Crippen LogP contribution in [0.5, 0.6) is 0 Å². The van der Waals surface area contributed by atoms with Gasteiger partial charge in [-0.2, -0.15) is 0 Å². The molecule has 0 amide bonds. The second-order valence-corrected chi connectivity index (χ2v) is 5.61. The van der Waals surface area contributed by atoms with Gasteiger partial charge in [-0.25, -0.2) is 4.98 Å². The van der Waals surface area contributed by atoms with Crippen molar-refractivity contribution in [2.24, 2.45) is 0 Å². The van der Waals surface area contributed by atoms with Crippen molar-refractivity contribution in [2.75, 3.05) is 18.0 Å². The molecule has 0 spiro atoms. The number of fused-ring (bicyclic) bond motifs is 1. The molecule has 2 aromatic carbocycles. The molecule has 0 aliphatic rings. The van der Waals surface area contributed by atoms with Crippen LogP contribution < -0.4 is 4.90 Å². The van der Waals surface area contributed by atoms with Gasteiger partial charge in [0.15, 0.2) is 5.58 Å². The van der Waals surface area contributed by atoms with E-state index in [1.807, 2.05) is 24.3 Å². The van der Waals surface area contributed by atoms with E-state index in [9.17, 15) is 10.1 Å². The van der Waals surface area contributed by atoms with Gasteiger partial charge in [0.25, 0.3) is 5.69 Å². The number of anilines is 1. The number of non-ortho nitro benzene ring substituents is 1. The third-order valence-electron chi connectivity index (χ3n) is 4.11. The summed E-state index contributed by atoms with van der Waals surface area (Å²) in [5.41, 5.74) is 3.82. The largest absolute Gasteiger partial charge is 0.436 e. The predicted octanol–water partition coefficient (Wildman–Crippen LogP) is 4.56. The Morgan fingerprint density at radius 3 is 2.42 bits per heavy atom. The molecule has 1 aromatic heterocycles. The summed E-state index contributed by atoms with van der Waals surface area (Å²) >= 11 is 0. The molecular weight excluding hydrogens is 306 g/mol. The van der Waals surface area contributed by atoms with Gasteiger partial charge in [0, 0.05) is 42.0 Å². The maximum atomic E-state index is 11.0. The fourth-order valence-electron chi connectivity index (χ4n) is 2.81. The number of benzene rings is 2. The maximum absolute atomic E-state index is 11.0. The molecule has 0 saturated carbocycles. The normalized spacial score (nSPS) is 11.0. The Kier molecular flexibility index (Phi) is 4.20. The number of hydrogen-bond acceptors (Lipinski definition) is 5. The maximum Gasteiger partial charge on any atom is 0.272 e. The minimum atomic E-state index is -0.417. The Labute approximate surface area is 139 Å². The van der Waals surface area contributed by atoms with Crippen LogP contribution in [0, 0.1) is 17.0 Å². The number of nitro benzene ring substituents is 1. The van der Waals surface area contributed by atoms with Crippen LogP contribution in [0.4, 0.5) is 11.4 Å². The molecule has 0 atom stereocenters. The molecule has 0 radical (unpaired) electrons. The molecule has 0 aliphatic heterocycles. The zero-order valence-corrected chi connectivity index (χ0v) is 13.9. The van der Waals surface area contributed by atoms with Crippen LogP contribution in [0.2, 0.25) is 0 Å². The van der Waals surface area contributed by atoms with E-state index in [2.05, 4.69) is 23.7 Å². The molecule has 6 heteroatoms. The average molecular weight is 325 g/mol.